The smallest absolute Gasteiger partial charge is 0.193 e. The Labute approximate surface area is 124 Å². The number of nitrogens with one attached hydrogen (secondary N) is 1. The molecule has 4 aromatic heterocycles. The summed E-state index contributed by atoms with van der Waals surface area (Å²) in [5.74, 6) is 0.461. The van der Waals surface area contributed by atoms with E-state index in [9.17, 15) is 4.79 Å². The molecule has 1 N–H and O–H groups in total. The van der Waals surface area contributed by atoms with E-state index < -0.39 is 0 Å². The third kappa shape index (κ3) is 1.98. The van der Waals surface area contributed by atoms with Gasteiger partial charge in [0.25, 0.3) is 0 Å². The molecule has 0 amide bonds. The van der Waals surface area contributed by atoms with Gasteiger partial charge in [-0.05, 0) is 18.2 Å². The van der Waals surface area contributed by atoms with E-state index in [0.717, 1.165) is 11.1 Å². The molecule has 4 heterocycles. The summed E-state index contributed by atoms with van der Waals surface area (Å²) in [4.78, 5) is 20.7. The van der Waals surface area contributed by atoms with Crippen LogP contribution in [0.5, 0.6) is 0 Å². The Kier molecular flexibility index (Phi) is 2.79. The maximum absolute atomic E-state index is 12.4. The van der Waals surface area contributed by atoms with E-state index in [1.807, 2.05) is 6.07 Å². The summed E-state index contributed by atoms with van der Waals surface area (Å²) in [6.45, 7) is 0. The molecule has 4 aromatic rings. The molecule has 4 rings (SSSR count). The molecular weight excluding hydrogens is 280 g/mol. The second-order valence-electron chi connectivity index (χ2n) is 4.74. The van der Waals surface area contributed by atoms with Crippen LogP contribution in [-0.2, 0) is 0 Å². The number of aromatic amines is 1. The van der Waals surface area contributed by atoms with Crippen molar-refractivity contribution in [2.75, 3.05) is 0 Å². The molecule has 0 aliphatic heterocycles. The van der Waals surface area contributed by atoms with E-state index in [1.165, 1.54) is 6.07 Å². The minimum Gasteiger partial charge on any atom is -0.453 e. The normalized spacial score (nSPS) is 10.9. The fourth-order valence-electron chi connectivity index (χ4n) is 2.32. The summed E-state index contributed by atoms with van der Waals surface area (Å²) >= 11 is 0. The first-order valence-electron chi connectivity index (χ1n) is 6.65. The van der Waals surface area contributed by atoms with Crippen molar-refractivity contribution in [3.8, 4) is 22.6 Å². The lowest BCUT2D eigenvalue weighted by Crippen LogP contribution is -2.02. The number of hydrogen-bond acceptors (Lipinski definition) is 5. The van der Waals surface area contributed by atoms with Crippen LogP contribution in [0, 0.1) is 0 Å². The second-order valence-corrected chi connectivity index (χ2v) is 4.74. The zero-order valence-corrected chi connectivity index (χ0v) is 11.4. The molecule has 0 saturated carbocycles. The average molecular weight is 290 g/mol. The zero-order chi connectivity index (χ0) is 14.9. The minimum absolute atomic E-state index is 0.118. The highest BCUT2D eigenvalue weighted by atomic mass is 16.3. The van der Waals surface area contributed by atoms with Gasteiger partial charge in [0, 0.05) is 42.0 Å². The number of rotatable bonds is 2. The van der Waals surface area contributed by atoms with E-state index in [0.29, 0.717) is 22.4 Å². The summed E-state index contributed by atoms with van der Waals surface area (Å²) in [6, 6.07) is 6.75. The molecule has 0 atom stereocenters. The van der Waals surface area contributed by atoms with Gasteiger partial charge < -0.3 is 4.42 Å². The Morgan fingerprint density at radius 3 is 2.82 bits per heavy atom. The Hall–Kier alpha value is -3.28. The number of H-pyrrole nitrogens is 1. The maximum atomic E-state index is 12.4. The quantitative estimate of drug-likeness (QED) is 0.613. The number of nitrogens with zero attached hydrogens (tertiary/aromatic N) is 3. The number of fused-ring (bicyclic) bond motifs is 1. The molecule has 6 heteroatoms. The van der Waals surface area contributed by atoms with Crippen LogP contribution in [0.25, 0.3) is 33.6 Å². The summed E-state index contributed by atoms with van der Waals surface area (Å²) in [5.41, 5.74) is 2.40. The Balaban J connectivity index is 2.04. The molecule has 22 heavy (non-hydrogen) atoms. The SMILES string of the molecule is O=c1cc(-c2cccnc2)oc2c(-c3cn[nH]c3)nccc12. The van der Waals surface area contributed by atoms with Gasteiger partial charge in [0.1, 0.15) is 11.5 Å². The summed E-state index contributed by atoms with van der Waals surface area (Å²) in [5, 5.41) is 7.13. The van der Waals surface area contributed by atoms with Crippen molar-refractivity contribution < 1.29 is 4.42 Å². The van der Waals surface area contributed by atoms with Crippen LogP contribution in [0.3, 0.4) is 0 Å². The van der Waals surface area contributed by atoms with Gasteiger partial charge in [-0.2, -0.15) is 5.10 Å². The van der Waals surface area contributed by atoms with Gasteiger partial charge >= 0.3 is 0 Å². The average Bonchev–Trinajstić information content (AvgIpc) is 3.09. The highest BCUT2D eigenvalue weighted by Gasteiger charge is 2.13. The molecule has 0 unspecified atom stereocenters. The third-order valence-electron chi connectivity index (χ3n) is 3.36. The van der Waals surface area contributed by atoms with Crippen molar-refractivity contribution >= 4 is 11.0 Å². The van der Waals surface area contributed by atoms with E-state index in [1.54, 1.807) is 43.1 Å². The molecule has 0 aliphatic carbocycles. The highest BCUT2D eigenvalue weighted by Crippen LogP contribution is 2.27. The summed E-state index contributed by atoms with van der Waals surface area (Å²) in [7, 11) is 0. The Morgan fingerprint density at radius 2 is 2.05 bits per heavy atom. The van der Waals surface area contributed by atoms with Crippen LogP contribution in [0.1, 0.15) is 0 Å². The van der Waals surface area contributed by atoms with Crippen molar-refractivity contribution in [2.45, 2.75) is 0 Å². The molecule has 0 fully saturated rings. The van der Waals surface area contributed by atoms with Crippen LogP contribution >= 0.6 is 0 Å². The van der Waals surface area contributed by atoms with Crippen molar-refractivity contribution in [2.24, 2.45) is 0 Å². The molecular formula is C16H10N4O2. The van der Waals surface area contributed by atoms with Crippen LogP contribution < -0.4 is 5.43 Å². The number of pyridine rings is 2. The zero-order valence-electron chi connectivity index (χ0n) is 11.4. The molecule has 0 radical (unpaired) electrons. The molecule has 0 spiro atoms. The molecule has 0 aliphatic rings. The predicted molar refractivity (Wildman–Crippen MR) is 81.1 cm³/mol. The van der Waals surface area contributed by atoms with Crippen molar-refractivity contribution in [3.63, 3.8) is 0 Å². The second kappa shape index (κ2) is 4.92. The van der Waals surface area contributed by atoms with Gasteiger partial charge in [-0.25, -0.2) is 0 Å². The standard InChI is InChI=1S/C16H10N4O2/c21-13-6-14(10-2-1-4-17-7-10)22-16-12(13)3-5-18-15(16)11-8-19-20-9-11/h1-9H,(H,19,20). The monoisotopic (exact) mass is 290 g/mol. The van der Waals surface area contributed by atoms with Gasteiger partial charge in [-0.1, -0.05) is 0 Å². The molecule has 0 aromatic carbocycles. The fraction of sp³-hybridized carbons (Fsp3) is 0. The predicted octanol–water partition coefficient (Wildman–Crippen LogP) is 2.64. The van der Waals surface area contributed by atoms with Crippen molar-refractivity contribution in [1.29, 1.82) is 0 Å². The Bertz CT molecular complexity index is 992. The minimum atomic E-state index is -0.118. The van der Waals surface area contributed by atoms with Gasteiger partial charge in [-0.15, -0.1) is 0 Å². The van der Waals surface area contributed by atoms with Gasteiger partial charge in [0.15, 0.2) is 11.0 Å². The van der Waals surface area contributed by atoms with Crippen LogP contribution in [-0.4, -0.2) is 20.2 Å². The van der Waals surface area contributed by atoms with Gasteiger partial charge in [-0.3, -0.25) is 19.9 Å². The molecule has 6 nitrogen and oxygen atoms in total. The van der Waals surface area contributed by atoms with Crippen molar-refractivity contribution in [3.05, 3.63) is 65.5 Å². The van der Waals surface area contributed by atoms with E-state index >= 15 is 0 Å². The van der Waals surface area contributed by atoms with E-state index in [2.05, 4.69) is 20.2 Å². The first kappa shape index (κ1) is 12.5. The van der Waals surface area contributed by atoms with Crippen molar-refractivity contribution in [1.82, 2.24) is 20.2 Å². The fourth-order valence-corrected chi connectivity index (χ4v) is 2.32. The molecule has 0 bridgehead atoms. The lowest BCUT2D eigenvalue weighted by molar-refractivity contribution is 0.618. The Morgan fingerprint density at radius 1 is 1.09 bits per heavy atom. The van der Waals surface area contributed by atoms with Crippen LogP contribution in [0.2, 0.25) is 0 Å². The highest BCUT2D eigenvalue weighted by molar-refractivity contribution is 5.90. The van der Waals surface area contributed by atoms with Gasteiger partial charge in [0.2, 0.25) is 0 Å². The molecule has 0 saturated heterocycles. The van der Waals surface area contributed by atoms with E-state index in [-0.39, 0.29) is 5.43 Å². The first-order chi connectivity index (χ1) is 10.8. The molecule has 106 valence electrons. The largest absolute Gasteiger partial charge is 0.453 e. The summed E-state index contributed by atoms with van der Waals surface area (Å²) in [6.07, 6.45) is 8.25. The number of hydrogen-bond donors (Lipinski definition) is 1. The maximum Gasteiger partial charge on any atom is 0.193 e. The van der Waals surface area contributed by atoms with Crippen LogP contribution in [0.15, 0.2) is 64.5 Å². The number of aromatic nitrogens is 4. The third-order valence-corrected chi connectivity index (χ3v) is 3.36. The topological polar surface area (TPSA) is 84.7 Å². The summed E-state index contributed by atoms with van der Waals surface area (Å²) < 4.78 is 5.94. The lowest BCUT2D eigenvalue weighted by atomic mass is 10.1. The van der Waals surface area contributed by atoms with E-state index in [4.69, 9.17) is 4.42 Å². The first-order valence-corrected chi connectivity index (χ1v) is 6.65. The van der Waals surface area contributed by atoms with Gasteiger partial charge in [0.05, 0.1) is 11.6 Å². The lowest BCUT2D eigenvalue weighted by Gasteiger charge is -2.05. The van der Waals surface area contributed by atoms with Crippen LogP contribution in [0.4, 0.5) is 0 Å².